The lowest BCUT2D eigenvalue weighted by Gasteiger charge is -2.08. The highest BCUT2D eigenvalue weighted by Gasteiger charge is 2.07. The van der Waals surface area contributed by atoms with E-state index >= 15 is 0 Å². The highest BCUT2D eigenvalue weighted by Crippen LogP contribution is 2.19. The van der Waals surface area contributed by atoms with Crippen molar-refractivity contribution in [2.24, 2.45) is 0 Å². The molecule has 0 saturated carbocycles. The highest BCUT2D eigenvalue weighted by atomic mass is 32.1. The number of aromatic amines is 1. The molecule has 0 amide bonds. The molecule has 0 saturated heterocycles. The van der Waals surface area contributed by atoms with Crippen LogP contribution in [0.1, 0.15) is 23.9 Å². The van der Waals surface area contributed by atoms with Gasteiger partial charge in [0.05, 0.1) is 6.61 Å². The van der Waals surface area contributed by atoms with Gasteiger partial charge in [0.1, 0.15) is 11.4 Å². The average Bonchev–Trinajstić information content (AvgIpc) is 3.09. The van der Waals surface area contributed by atoms with E-state index in [1.807, 2.05) is 41.8 Å². The molecule has 6 nitrogen and oxygen atoms in total. The Morgan fingerprint density at radius 1 is 1.25 bits per heavy atom. The van der Waals surface area contributed by atoms with Crippen LogP contribution in [0.15, 0.2) is 46.6 Å². The Morgan fingerprint density at radius 2 is 2.17 bits per heavy atom. The van der Waals surface area contributed by atoms with Crippen molar-refractivity contribution in [2.75, 3.05) is 11.9 Å². The number of hydrogen-bond acceptors (Lipinski definition) is 6. The Labute approximate surface area is 143 Å². The number of nitrogens with zero attached hydrogens (tertiary/aromatic N) is 2. The van der Waals surface area contributed by atoms with Gasteiger partial charge in [0.2, 0.25) is 5.95 Å². The molecular weight excluding hydrogens is 324 g/mol. The van der Waals surface area contributed by atoms with Crippen molar-refractivity contribution in [1.29, 1.82) is 0 Å². The summed E-state index contributed by atoms with van der Waals surface area (Å²) in [7, 11) is 0. The number of benzene rings is 1. The fourth-order valence-corrected chi connectivity index (χ4v) is 2.84. The van der Waals surface area contributed by atoms with Crippen LogP contribution in [0.5, 0.6) is 5.75 Å². The Balaban J connectivity index is 1.71. The van der Waals surface area contributed by atoms with Gasteiger partial charge in [-0.3, -0.25) is 9.78 Å². The maximum absolute atomic E-state index is 12.1. The van der Waals surface area contributed by atoms with Gasteiger partial charge in [-0.25, -0.2) is 0 Å². The molecule has 3 aromatic rings. The monoisotopic (exact) mass is 342 g/mol. The molecular formula is C17H18N4O2S. The van der Waals surface area contributed by atoms with Crippen molar-refractivity contribution in [2.45, 2.75) is 19.8 Å². The molecule has 1 aromatic carbocycles. The number of nitrogens with one attached hydrogen (secondary N) is 2. The summed E-state index contributed by atoms with van der Waals surface area (Å²) in [5.41, 5.74) is 0.946. The fourth-order valence-electron chi connectivity index (χ4n) is 2.13. The van der Waals surface area contributed by atoms with Crippen molar-refractivity contribution in [3.63, 3.8) is 0 Å². The van der Waals surface area contributed by atoms with Crippen molar-refractivity contribution in [3.05, 3.63) is 62.7 Å². The first-order valence-electron chi connectivity index (χ1n) is 7.72. The predicted octanol–water partition coefficient (Wildman–Crippen LogP) is 3.35. The smallest absolute Gasteiger partial charge is 0.274 e. The zero-order valence-corrected chi connectivity index (χ0v) is 14.1. The van der Waals surface area contributed by atoms with E-state index in [1.165, 1.54) is 0 Å². The number of hydrogen-bond donors (Lipinski definition) is 2. The van der Waals surface area contributed by atoms with Crippen molar-refractivity contribution < 1.29 is 4.74 Å². The lowest BCUT2D eigenvalue weighted by molar-refractivity contribution is 0.317. The molecule has 0 aliphatic heterocycles. The Kier molecular flexibility index (Phi) is 5.22. The molecule has 2 aromatic heterocycles. The standard InChI is InChI=1S/C17H18N4O2S/c1-2-8-23-13-6-3-5-12(10-13)18-17-19-16(22)15(20-21-17)11-14-7-4-9-24-14/h3-7,9-10H,2,8,11H2,1H3,(H2,18,19,21,22). The van der Waals surface area contributed by atoms with Crippen LogP contribution in [0, 0.1) is 0 Å². The maximum atomic E-state index is 12.1. The van der Waals surface area contributed by atoms with Crippen LogP contribution in [0.4, 0.5) is 11.6 Å². The van der Waals surface area contributed by atoms with E-state index in [0.29, 0.717) is 24.7 Å². The van der Waals surface area contributed by atoms with Crippen LogP contribution >= 0.6 is 11.3 Å². The summed E-state index contributed by atoms with van der Waals surface area (Å²) in [4.78, 5) is 15.9. The van der Waals surface area contributed by atoms with Gasteiger partial charge < -0.3 is 10.1 Å². The van der Waals surface area contributed by atoms with E-state index in [-0.39, 0.29) is 5.56 Å². The third-order valence-electron chi connectivity index (χ3n) is 3.26. The number of aromatic nitrogens is 3. The van der Waals surface area contributed by atoms with Gasteiger partial charge in [-0.2, -0.15) is 0 Å². The van der Waals surface area contributed by atoms with Gasteiger partial charge in [0, 0.05) is 23.1 Å². The summed E-state index contributed by atoms with van der Waals surface area (Å²) >= 11 is 1.59. The van der Waals surface area contributed by atoms with Crippen LogP contribution in [0.3, 0.4) is 0 Å². The molecule has 3 rings (SSSR count). The average molecular weight is 342 g/mol. The molecule has 0 atom stereocenters. The second-order valence-corrected chi connectivity index (χ2v) is 6.24. The molecule has 7 heteroatoms. The number of rotatable bonds is 7. The van der Waals surface area contributed by atoms with E-state index in [1.54, 1.807) is 11.3 Å². The first kappa shape index (κ1) is 16.2. The minimum absolute atomic E-state index is 0.237. The molecule has 0 bridgehead atoms. The van der Waals surface area contributed by atoms with Gasteiger partial charge in [-0.05, 0) is 30.0 Å². The van der Waals surface area contributed by atoms with Crippen molar-refractivity contribution in [1.82, 2.24) is 15.2 Å². The molecule has 124 valence electrons. The lowest BCUT2D eigenvalue weighted by atomic mass is 10.3. The number of thiophene rings is 1. The second kappa shape index (κ2) is 7.74. The number of ether oxygens (including phenoxy) is 1. The van der Waals surface area contributed by atoms with Gasteiger partial charge in [0.25, 0.3) is 5.56 Å². The van der Waals surface area contributed by atoms with Crippen LogP contribution in [-0.2, 0) is 6.42 Å². The first-order valence-corrected chi connectivity index (χ1v) is 8.60. The quantitative estimate of drug-likeness (QED) is 0.688. The fraction of sp³-hybridized carbons (Fsp3) is 0.235. The van der Waals surface area contributed by atoms with Crippen molar-refractivity contribution in [3.8, 4) is 5.75 Å². The zero-order chi connectivity index (χ0) is 16.8. The number of H-pyrrole nitrogens is 1. The van der Waals surface area contributed by atoms with Crippen LogP contribution in [0.25, 0.3) is 0 Å². The van der Waals surface area contributed by atoms with Gasteiger partial charge >= 0.3 is 0 Å². The third-order valence-corrected chi connectivity index (χ3v) is 4.13. The lowest BCUT2D eigenvalue weighted by Crippen LogP contribution is -2.18. The Bertz CT molecular complexity index is 846. The Morgan fingerprint density at radius 3 is 2.92 bits per heavy atom. The molecule has 0 aliphatic carbocycles. The summed E-state index contributed by atoms with van der Waals surface area (Å²) in [5.74, 6) is 1.08. The van der Waals surface area contributed by atoms with E-state index in [2.05, 4.69) is 27.4 Å². The summed E-state index contributed by atoms with van der Waals surface area (Å²) in [6, 6.07) is 11.4. The minimum atomic E-state index is -0.237. The summed E-state index contributed by atoms with van der Waals surface area (Å²) in [6.45, 7) is 2.72. The molecule has 2 heterocycles. The normalized spacial score (nSPS) is 10.5. The van der Waals surface area contributed by atoms with Crippen LogP contribution in [0.2, 0.25) is 0 Å². The van der Waals surface area contributed by atoms with Gasteiger partial charge in [-0.1, -0.05) is 19.1 Å². The molecule has 0 aliphatic rings. The second-order valence-electron chi connectivity index (χ2n) is 5.21. The molecule has 0 unspecified atom stereocenters. The SMILES string of the molecule is CCCOc1cccc(Nc2nnc(Cc3cccs3)c(=O)[nH]2)c1. The van der Waals surface area contributed by atoms with Crippen LogP contribution < -0.4 is 15.6 Å². The molecule has 24 heavy (non-hydrogen) atoms. The van der Waals surface area contributed by atoms with Crippen molar-refractivity contribution >= 4 is 23.0 Å². The topological polar surface area (TPSA) is 79.9 Å². The highest BCUT2D eigenvalue weighted by molar-refractivity contribution is 7.09. The Hall–Kier alpha value is -2.67. The molecule has 0 spiro atoms. The van der Waals surface area contributed by atoms with E-state index in [4.69, 9.17) is 4.74 Å². The van der Waals surface area contributed by atoms with Gasteiger partial charge in [0.15, 0.2) is 0 Å². The third kappa shape index (κ3) is 4.20. The summed E-state index contributed by atoms with van der Waals surface area (Å²) < 4.78 is 5.59. The molecule has 0 fully saturated rings. The summed E-state index contributed by atoms with van der Waals surface area (Å²) in [5, 5.41) is 13.1. The van der Waals surface area contributed by atoms with Gasteiger partial charge in [-0.15, -0.1) is 21.5 Å². The number of anilines is 2. The van der Waals surface area contributed by atoms with E-state index in [0.717, 1.165) is 22.7 Å². The molecule has 2 N–H and O–H groups in total. The largest absolute Gasteiger partial charge is 0.494 e. The first-order chi connectivity index (χ1) is 11.7. The zero-order valence-electron chi connectivity index (χ0n) is 13.3. The van der Waals surface area contributed by atoms with Crippen LogP contribution in [-0.4, -0.2) is 21.8 Å². The summed E-state index contributed by atoms with van der Waals surface area (Å²) in [6.07, 6.45) is 1.43. The molecule has 0 radical (unpaired) electrons. The van der Waals surface area contributed by atoms with E-state index in [9.17, 15) is 4.79 Å². The predicted molar refractivity (Wildman–Crippen MR) is 95.3 cm³/mol. The minimum Gasteiger partial charge on any atom is -0.494 e. The maximum Gasteiger partial charge on any atom is 0.274 e. The van der Waals surface area contributed by atoms with E-state index < -0.39 is 0 Å².